The second-order valence-electron chi connectivity index (χ2n) is 5.04. The highest BCUT2D eigenvalue weighted by atomic mass is 35.5. The molecule has 2 aromatic rings. The number of aromatic nitrogens is 1. The lowest BCUT2D eigenvalue weighted by Gasteiger charge is -2.11. The van der Waals surface area contributed by atoms with E-state index in [4.69, 9.17) is 16.3 Å². The smallest absolute Gasteiger partial charge is 0.134 e. The van der Waals surface area contributed by atoms with Crippen LogP contribution in [0.4, 0.5) is 4.39 Å². The summed E-state index contributed by atoms with van der Waals surface area (Å²) in [4.78, 5) is 4.24. The number of benzene rings is 1. The van der Waals surface area contributed by atoms with Gasteiger partial charge in [-0.2, -0.15) is 0 Å². The number of fused-ring (bicyclic) bond motifs is 1. The summed E-state index contributed by atoms with van der Waals surface area (Å²) >= 11 is 6.15. The number of hydrogen-bond donors (Lipinski definition) is 1. The first-order chi connectivity index (χ1) is 9.72. The van der Waals surface area contributed by atoms with Gasteiger partial charge in [-0.15, -0.1) is 0 Å². The zero-order chi connectivity index (χ0) is 13.9. The van der Waals surface area contributed by atoms with Gasteiger partial charge >= 0.3 is 0 Å². The molecule has 5 heteroatoms. The molecule has 0 amide bonds. The number of halogens is 2. The quantitative estimate of drug-likeness (QED) is 0.879. The average molecular weight is 295 g/mol. The first-order valence-electron chi connectivity index (χ1n) is 6.79. The van der Waals surface area contributed by atoms with Gasteiger partial charge in [-0.05, 0) is 31.0 Å². The van der Waals surface area contributed by atoms with Crippen LogP contribution in [0.15, 0.2) is 24.3 Å². The minimum Gasteiger partial charge on any atom is -0.377 e. The molecule has 3 nitrogen and oxygen atoms in total. The van der Waals surface area contributed by atoms with Crippen LogP contribution in [-0.4, -0.2) is 24.2 Å². The maximum Gasteiger partial charge on any atom is 0.134 e. The standard InChI is InChI=1S/C15H16ClFN2O/c16-15-11(8-18-9-13-2-1-5-20-13)6-10-3-4-12(17)7-14(10)19-15/h3-4,6-7,13,18H,1-2,5,8-9H2/t13-/m1/s1. The Morgan fingerprint density at radius 3 is 3.10 bits per heavy atom. The molecule has 3 rings (SSSR count). The lowest BCUT2D eigenvalue weighted by Crippen LogP contribution is -2.25. The monoisotopic (exact) mass is 294 g/mol. The van der Waals surface area contributed by atoms with Crippen LogP contribution in [0.1, 0.15) is 18.4 Å². The molecule has 0 radical (unpaired) electrons. The summed E-state index contributed by atoms with van der Waals surface area (Å²) in [5, 5.41) is 4.65. The summed E-state index contributed by atoms with van der Waals surface area (Å²) < 4.78 is 18.7. The lowest BCUT2D eigenvalue weighted by atomic mass is 10.1. The largest absolute Gasteiger partial charge is 0.377 e. The third kappa shape index (κ3) is 3.08. The van der Waals surface area contributed by atoms with E-state index in [1.165, 1.54) is 12.1 Å². The van der Waals surface area contributed by atoms with Gasteiger partial charge in [0.05, 0.1) is 11.6 Å². The van der Waals surface area contributed by atoms with E-state index in [1.807, 2.05) is 6.07 Å². The van der Waals surface area contributed by atoms with Crippen LogP contribution in [-0.2, 0) is 11.3 Å². The minimum absolute atomic E-state index is 0.301. The fourth-order valence-electron chi connectivity index (χ4n) is 2.46. The van der Waals surface area contributed by atoms with E-state index in [0.29, 0.717) is 23.3 Å². The Hall–Kier alpha value is -1.23. The number of pyridine rings is 1. The molecule has 1 saturated heterocycles. The highest BCUT2D eigenvalue weighted by molar-refractivity contribution is 6.30. The first-order valence-corrected chi connectivity index (χ1v) is 7.17. The molecule has 106 valence electrons. The number of rotatable bonds is 4. The van der Waals surface area contributed by atoms with E-state index in [0.717, 1.165) is 36.9 Å². The van der Waals surface area contributed by atoms with Crippen LogP contribution in [0.25, 0.3) is 10.9 Å². The third-order valence-electron chi connectivity index (χ3n) is 3.52. The summed E-state index contributed by atoms with van der Waals surface area (Å²) in [5.74, 6) is -0.301. The molecule has 1 aromatic heterocycles. The van der Waals surface area contributed by atoms with E-state index in [2.05, 4.69) is 10.3 Å². The fraction of sp³-hybridized carbons (Fsp3) is 0.400. The van der Waals surface area contributed by atoms with E-state index in [1.54, 1.807) is 6.07 Å². The second kappa shape index (κ2) is 6.04. The Morgan fingerprint density at radius 1 is 1.40 bits per heavy atom. The Bertz CT molecular complexity index is 614. The summed E-state index contributed by atoms with van der Waals surface area (Å²) in [6, 6.07) is 6.50. The second-order valence-corrected chi connectivity index (χ2v) is 5.40. The first kappa shape index (κ1) is 13.7. The molecule has 0 saturated carbocycles. The Labute approximate surface area is 122 Å². The average Bonchev–Trinajstić information content (AvgIpc) is 2.93. The van der Waals surface area contributed by atoms with Gasteiger partial charge in [-0.3, -0.25) is 0 Å². The van der Waals surface area contributed by atoms with Crippen molar-refractivity contribution in [3.8, 4) is 0 Å². The van der Waals surface area contributed by atoms with Gasteiger partial charge in [0.2, 0.25) is 0 Å². The maximum absolute atomic E-state index is 13.1. The molecule has 1 atom stereocenters. The van der Waals surface area contributed by atoms with Crippen LogP contribution < -0.4 is 5.32 Å². The molecule has 0 bridgehead atoms. The summed E-state index contributed by atoms with van der Waals surface area (Å²) in [5.41, 5.74) is 1.50. The van der Waals surface area contributed by atoms with Crippen LogP contribution in [0, 0.1) is 5.82 Å². The topological polar surface area (TPSA) is 34.1 Å². The lowest BCUT2D eigenvalue weighted by molar-refractivity contribution is 0.110. The van der Waals surface area contributed by atoms with Crippen molar-refractivity contribution in [2.24, 2.45) is 0 Å². The van der Waals surface area contributed by atoms with Crippen molar-refractivity contribution in [3.63, 3.8) is 0 Å². The number of ether oxygens (including phenoxy) is 1. The van der Waals surface area contributed by atoms with Crippen molar-refractivity contribution in [2.75, 3.05) is 13.2 Å². The Morgan fingerprint density at radius 2 is 2.30 bits per heavy atom. The third-order valence-corrected chi connectivity index (χ3v) is 3.84. The normalized spacial score (nSPS) is 18.8. The van der Waals surface area contributed by atoms with Crippen molar-refractivity contribution < 1.29 is 9.13 Å². The molecular formula is C15H16ClFN2O. The molecule has 1 fully saturated rings. The van der Waals surface area contributed by atoms with Crippen LogP contribution in [0.5, 0.6) is 0 Å². The molecule has 1 aliphatic heterocycles. The number of nitrogens with zero attached hydrogens (tertiary/aromatic N) is 1. The van der Waals surface area contributed by atoms with Crippen LogP contribution >= 0.6 is 11.6 Å². The highest BCUT2D eigenvalue weighted by Gasteiger charge is 2.15. The van der Waals surface area contributed by atoms with Gasteiger partial charge in [-0.1, -0.05) is 11.6 Å². The van der Waals surface area contributed by atoms with E-state index < -0.39 is 0 Å². The van der Waals surface area contributed by atoms with E-state index >= 15 is 0 Å². The van der Waals surface area contributed by atoms with Gasteiger partial charge < -0.3 is 10.1 Å². The molecule has 1 aliphatic rings. The van der Waals surface area contributed by atoms with Gasteiger partial charge in [0, 0.05) is 36.7 Å². The zero-order valence-electron chi connectivity index (χ0n) is 11.0. The van der Waals surface area contributed by atoms with Gasteiger partial charge in [0.1, 0.15) is 11.0 Å². The van der Waals surface area contributed by atoms with Crippen LogP contribution in [0.3, 0.4) is 0 Å². The minimum atomic E-state index is -0.301. The molecule has 1 N–H and O–H groups in total. The van der Waals surface area contributed by atoms with Crippen molar-refractivity contribution in [1.82, 2.24) is 10.3 Å². The molecule has 0 spiro atoms. The van der Waals surface area contributed by atoms with Crippen molar-refractivity contribution in [1.29, 1.82) is 0 Å². The summed E-state index contributed by atoms with van der Waals surface area (Å²) in [6.45, 7) is 2.31. The van der Waals surface area contributed by atoms with Crippen LogP contribution in [0.2, 0.25) is 5.15 Å². The van der Waals surface area contributed by atoms with E-state index in [-0.39, 0.29) is 5.82 Å². The molecule has 2 heterocycles. The van der Waals surface area contributed by atoms with Crippen molar-refractivity contribution >= 4 is 22.5 Å². The molecule has 20 heavy (non-hydrogen) atoms. The van der Waals surface area contributed by atoms with Gasteiger partial charge in [0.25, 0.3) is 0 Å². The summed E-state index contributed by atoms with van der Waals surface area (Å²) in [6.07, 6.45) is 2.54. The fourth-order valence-corrected chi connectivity index (χ4v) is 2.67. The summed E-state index contributed by atoms with van der Waals surface area (Å²) in [7, 11) is 0. The predicted molar refractivity (Wildman–Crippen MR) is 77.4 cm³/mol. The van der Waals surface area contributed by atoms with Crippen molar-refractivity contribution in [3.05, 3.63) is 40.8 Å². The predicted octanol–water partition coefficient (Wildman–Crippen LogP) is 3.30. The zero-order valence-corrected chi connectivity index (χ0v) is 11.8. The Kier molecular flexibility index (Phi) is 4.15. The Balaban J connectivity index is 1.70. The van der Waals surface area contributed by atoms with Gasteiger partial charge in [0.15, 0.2) is 0 Å². The highest BCUT2D eigenvalue weighted by Crippen LogP contribution is 2.21. The van der Waals surface area contributed by atoms with Crippen molar-refractivity contribution in [2.45, 2.75) is 25.5 Å². The molecule has 1 aromatic carbocycles. The molecular weight excluding hydrogens is 279 g/mol. The number of nitrogens with one attached hydrogen (secondary N) is 1. The molecule has 0 aliphatic carbocycles. The van der Waals surface area contributed by atoms with Gasteiger partial charge in [-0.25, -0.2) is 9.37 Å². The maximum atomic E-state index is 13.1. The van der Waals surface area contributed by atoms with E-state index in [9.17, 15) is 4.39 Å². The number of hydrogen-bond acceptors (Lipinski definition) is 3. The SMILES string of the molecule is Fc1ccc2cc(CNC[C@H]3CCCO3)c(Cl)nc2c1. The molecule has 0 unspecified atom stereocenters.